The van der Waals surface area contributed by atoms with Gasteiger partial charge in [-0.1, -0.05) is 67.6 Å². The van der Waals surface area contributed by atoms with E-state index >= 15 is 0 Å². The van der Waals surface area contributed by atoms with Gasteiger partial charge in [-0.15, -0.1) is 0 Å². The minimum atomic E-state index is -1.25. The quantitative estimate of drug-likeness (QED) is 0.117. The second-order valence-electron chi connectivity index (χ2n) is 11.4. The van der Waals surface area contributed by atoms with E-state index in [1.54, 1.807) is 37.1 Å². The molecule has 2 fully saturated rings. The van der Waals surface area contributed by atoms with Crippen LogP contribution in [0.5, 0.6) is 11.5 Å². The van der Waals surface area contributed by atoms with Crippen molar-refractivity contribution in [2.45, 2.75) is 43.0 Å². The fraction of sp³-hybridized carbons (Fsp3) is 0.361. The van der Waals surface area contributed by atoms with Crippen molar-refractivity contribution in [2.75, 3.05) is 40.7 Å². The van der Waals surface area contributed by atoms with Gasteiger partial charge >= 0.3 is 0 Å². The fourth-order valence-corrected chi connectivity index (χ4v) is 7.37. The van der Waals surface area contributed by atoms with Crippen LogP contribution in [0.15, 0.2) is 108 Å². The molecule has 0 aliphatic carbocycles. The molecule has 2 saturated heterocycles. The molecular weight excluding hydrogens is 605 g/mol. The number of methoxy groups -OCH3 is 2. The Bertz CT molecular complexity index is 1580. The van der Waals surface area contributed by atoms with Gasteiger partial charge in [-0.3, -0.25) is 9.36 Å². The second-order valence-corrected chi connectivity index (χ2v) is 12.7. The number of rotatable bonds is 14. The summed E-state index contributed by atoms with van der Waals surface area (Å²) in [4.78, 5) is 12.9. The molecule has 9 nitrogen and oxygen atoms in total. The molecule has 1 aromatic heterocycles. The smallest absolute Gasteiger partial charge is 0.252 e. The van der Waals surface area contributed by atoms with E-state index in [0.717, 1.165) is 34.6 Å². The first-order valence-electron chi connectivity index (χ1n) is 15.4. The molecular formula is C36H40NO8P. The highest BCUT2D eigenvalue weighted by molar-refractivity contribution is 7.46. The summed E-state index contributed by atoms with van der Waals surface area (Å²) in [6.07, 6.45) is 0.813. The molecule has 46 heavy (non-hydrogen) atoms. The Balaban J connectivity index is 1.45. The molecule has 0 saturated carbocycles. The van der Waals surface area contributed by atoms with Gasteiger partial charge in [0.2, 0.25) is 0 Å². The van der Waals surface area contributed by atoms with Gasteiger partial charge in [0.15, 0.2) is 14.6 Å². The van der Waals surface area contributed by atoms with Crippen molar-refractivity contribution in [1.82, 2.24) is 4.57 Å². The van der Waals surface area contributed by atoms with E-state index in [-0.39, 0.29) is 18.8 Å². The van der Waals surface area contributed by atoms with Crippen molar-refractivity contribution in [2.24, 2.45) is 0 Å². The lowest BCUT2D eigenvalue weighted by Crippen LogP contribution is -2.49. The Kier molecular flexibility index (Phi) is 9.89. The molecule has 2 unspecified atom stereocenters. The van der Waals surface area contributed by atoms with Gasteiger partial charge in [0.1, 0.15) is 34.9 Å². The molecule has 3 heterocycles. The van der Waals surface area contributed by atoms with E-state index in [0.29, 0.717) is 6.61 Å². The number of ether oxygens (including phenoxy) is 5. The average Bonchev–Trinajstić information content (AvgIpc) is 3.59. The Morgan fingerprint density at radius 1 is 0.870 bits per heavy atom. The largest absolute Gasteiger partial charge is 0.497 e. The summed E-state index contributed by atoms with van der Waals surface area (Å²) in [5, 5.41) is 0. The summed E-state index contributed by atoms with van der Waals surface area (Å²) in [6.45, 7) is 4.90. The zero-order chi connectivity index (χ0) is 32.1. The highest BCUT2D eigenvalue weighted by Gasteiger charge is 2.64. The zero-order valence-electron chi connectivity index (χ0n) is 26.5. The average molecular weight is 646 g/mol. The van der Waals surface area contributed by atoms with Gasteiger partial charge in [-0.05, 0) is 53.4 Å². The first kappa shape index (κ1) is 32.4. The third kappa shape index (κ3) is 6.11. The molecule has 0 spiro atoms. The summed E-state index contributed by atoms with van der Waals surface area (Å²) in [5.41, 5.74) is 0.425. The maximum absolute atomic E-state index is 12.9. The third-order valence-electron chi connectivity index (χ3n) is 8.54. The molecule has 0 amide bonds. The van der Waals surface area contributed by atoms with E-state index < -0.39 is 38.0 Å². The Labute approximate surface area is 270 Å². The van der Waals surface area contributed by atoms with E-state index in [1.807, 2.05) is 73.4 Å². The molecule has 2 aliphatic rings. The van der Waals surface area contributed by atoms with Crippen LogP contribution in [0.1, 0.15) is 36.3 Å². The third-order valence-corrected chi connectivity index (χ3v) is 9.61. The van der Waals surface area contributed by atoms with Gasteiger partial charge in [0.25, 0.3) is 5.56 Å². The number of hydrogen-bond acceptors (Lipinski definition) is 8. The maximum Gasteiger partial charge on any atom is 0.252 e. The molecule has 0 radical (unpaired) electrons. The summed E-state index contributed by atoms with van der Waals surface area (Å²) in [5.74, 6) is 1.47. The minimum Gasteiger partial charge on any atom is -0.497 e. The van der Waals surface area contributed by atoms with E-state index in [1.165, 1.54) is 6.07 Å². The van der Waals surface area contributed by atoms with Crippen molar-refractivity contribution in [3.63, 3.8) is 0 Å². The van der Waals surface area contributed by atoms with Crippen molar-refractivity contribution in [3.05, 3.63) is 130 Å². The van der Waals surface area contributed by atoms with Crippen LogP contribution in [-0.2, 0) is 28.9 Å². The van der Waals surface area contributed by atoms with Gasteiger partial charge in [-0.25, -0.2) is 0 Å². The lowest BCUT2D eigenvalue weighted by Gasteiger charge is -2.40. The number of hydrogen-bond donors (Lipinski definition) is 0. The maximum atomic E-state index is 12.9. The molecule has 4 aromatic rings. The van der Waals surface area contributed by atoms with Crippen LogP contribution in [0, 0.1) is 0 Å². The lowest BCUT2D eigenvalue weighted by molar-refractivity contribution is -0.203. The molecule has 2 bridgehead atoms. The minimum absolute atomic E-state index is 0.0934. The van der Waals surface area contributed by atoms with Crippen LogP contribution in [-0.4, -0.2) is 63.1 Å². The predicted octanol–water partition coefficient (Wildman–Crippen LogP) is 6.29. The van der Waals surface area contributed by atoms with Crippen LogP contribution in [0.2, 0.25) is 0 Å². The first-order valence-corrected chi connectivity index (χ1v) is 17.0. The molecule has 10 heteroatoms. The molecule has 5 atom stereocenters. The van der Waals surface area contributed by atoms with Crippen LogP contribution >= 0.6 is 8.38 Å². The van der Waals surface area contributed by atoms with Crippen molar-refractivity contribution in [3.8, 4) is 11.5 Å². The topological polar surface area (TPSA) is 86.6 Å². The second kappa shape index (κ2) is 14.1. The summed E-state index contributed by atoms with van der Waals surface area (Å²) in [7, 11) is 2.04. The van der Waals surface area contributed by atoms with Crippen molar-refractivity contribution in [1.29, 1.82) is 0 Å². The van der Waals surface area contributed by atoms with Crippen molar-refractivity contribution >= 4 is 8.38 Å². The summed E-state index contributed by atoms with van der Waals surface area (Å²) >= 11 is 0. The number of aromatic nitrogens is 1. The monoisotopic (exact) mass is 645 g/mol. The zero-order valence-corrected chi connectivity index (χ0v) is 27.4. The number of pyridine rings is 1. The summed E-state index contributed by atoms with van der Waals surface area (Å²) in [6, 6.07) is 30.9. The molecule has 0 N–H and O–H groups in total. The molecule has 2 aliphatic heterocycles. The van der Waals surface area contributed by atoms with Gasteiger partial charge in [0, 0.05) is 18.9 Å². The molecule has 242 valence electrons. The fourth-order valence-electron chi connectivity index (χ4n) is 6.24. The highest BCUT2D eigenvalue weighted by Crippen LogP contribution is 2.53. The van der Waals surface area contributed by atoms with Crippen LogP contribution in [0.3, 0.4) is 0 Å². The number of benzene rings is 3. The predicted molar refractivity (Wildman–Crippen MR) is 176 cm³/mol. The van der Waals surface area contributed by atoms with Crippen molar-refractivity contribution < 1.29 is 32.7 Å². The van der Waals surface area contributed by atoms with E-state index in [2.05, 4.69) is 19.1 Å². The standard InChI is InChI=1S/C36H40NO8P/c1-5-23-43-46(4)45-33-32-34(37-22-10-9-13-31(37)38)44-35(33,24-41-32)25-42-36(26-11-7-6-8-12-26,27-14-18-29(39-2)19-15-27)28-16-20-30(40-3)21-17-28/h6-22,32-34H,5,23-25H2,1-4H3/t32-,33?,34+,35+,46?/m0/s1. The summed E-state index contributed by atoms with van der Waals surface area (Å²) < 4.78 is 45.6. The lowest BCUT2D eigenvalue weighted by atomic mass is 9.79. The SMILES string of the molecule is CCCOP(C)OC1[C@@H]2OC[C@]1(COC(c1ccccc1)(c1ccc(OC)cc1)c1ccc(OC)cc1)O[C@H]2n1ccccc1=O. The Hall–Kier alpha value is -3.56. The van der Waals surface area contributed by atoms with Gasteiger partial charge in [-0.2, -0.15) is 0 Å². The molecule has 3 aromatic carbocycles. The van der Waals surface area contributed by atoms with Crippen LogP contribution in [0.4, 0.5) is 0 Å². The van der Waals surface area contributed by atoms with Crippen LogP contribution < -0.4 is 15.0 Å². The van der Waals surface area contributed by atoms with Gasteiger partial charge < -0.3 is 32.7 Å². The Morgan fingerprint density at radius 2 is 1.48 bits per heavy atom. The first-order chi connectivity index (χ1) is 22.4. The molecule has 6 rings (SSSR count). The van der Waals surface area contributed by atoms with E-state index in [9.17, 15) is 4.79 Å². The number of fused-ring (bicyclic) bond motifs is 2. The van der Waals surface area contributed by atoms with E-state index in [4.69, 9.17) is 32.7 Å². The normalized spacial score (nSPS) is 22.9. The number of nitrogens with zero attached hydrogens (tertiary/aromatic N) is 1. The van der Waals surface area contributed by atoms with Crippen LogP contribution in [0.25, 0.3) is 0 Å². The Morgan fingerprint density at radius 3 is 2.07 bits per heavy atom. The highest BCUT2D eigenvalue weighted by atomic mass is 31.2. The van der Waals surface area contributed by atoms with Gasteiger partial charge in [0.05, 0.1) is 34.0 Å².